The number of hydrogen-bond donors (Lipinski definition) is 0. The molecule has 0 heterocycles. The lowest BCUT2D eigenvalue weighted by Gasteiger charge is -2.08. The lowest BCUT2D eigenvalue weighted by Crippen LogP contribution is -1.92. The minimum atomic E-state index is 1.03. The van der Waals surface area contributed by atoms with Crippen LogP contribution in [-0.4, -0.2) is 0 Å². The number of allylic oxidation sites excluding steroid dienone is 6. The molecule has 0 unspecified atom stereocenters. The van der Waals surface area contributed by atoms with Gasteiger partial charge in [0.05, 0.1) is 0 Å². The average Bonchev–Trinajstić information content (AvgIpc) is 2.64. The zero-order chi connectivity index (χ0) is 18.8. The van der Waals surface area contributed by atoms with E-state index < -0.39 is 0 Å². The molecule has 1 rings (SSSR count). The van der Waals surface area contributed by atoms with Gasteiger partial charge in [0.25, 0.3) is 0 Å². The van der Waals surface area contributed by atoms with Gasteiger partial charge in [0.15, 0.2) is 0 Å². The maximum atomic E-state index is 4.21. The normalized spacial score (nSPS) is 10.3. The highest BCUT2D eigenvalue weighted by Gasteiger charge is 2.00. The SMILES string of the molecule is C=C/C(=C\C=C/C)CCC(=C)CCc1ccccc1C.CC.CC. The Morgan fingerprint density at radius 3 is 2.17 bits per heavy atom. The summed E-state index contributed by atoms with van der Waals surface area (Å²) >= 11 is 0. The van der Waals surface area contributed by atoms with E-state index in [4.69, 9.17) is 0 Å². The number of aryl methyl sites for hydroxylation is 2. The fraction of sp³-hybridized carbons (Fsp3) is 0.417. The Balaban J connectivity index is 0. The molecule has 0 spiro atoms. The molecular weight excluding hydrogens is 288 g/mol. The molecule has 134 valence electrons. The van der Waals surface area contributed by atoms with Crippen LogP contribution in [0, 0.1) is 6.92 Å². The third-order valence-electron chi connectivity index (χ3n) is 3.54. The maximum Gasteiger partial charge on any atom is -0.0239 e. The fourth-order valence-corrected chi connectivity index (χ4v) is 2.12. The van der Waals surface area contributed by atoms with Crippen LogP contribution in [0.1, 0.15) is 65.0 Å². The lowest BCUT2D eigenvalue weighted by molar-refractivity contribution is 0.839. The lowest BCUT2D eigenvalue weighted by atomic mass is 9.97. The summed E-state index contributed by atoms with van der Waals surface area (Å²) in [5.74, 6) is 0. The smallest absolute Gasteiger partial charge is 0.0239 e. The van der Waals surface area contributed by atoms with Crippen LogP contribution in [0.5, 0.6) is 0 Å². The molecule has 0 N–H and O–H groups in total. The third kappa shape index (κ3) is 11.7. The summed E-state index contributed by atoms with van der Waals surface area (Å²) in [7, 11) is 0. The first-order valence-corrected chi connectivity index (χ1v) is 9.32. The summed E-state index contributed by atoms with van der Waals surface area (Å²) in [6.07, 6.45) is 12.4. The monoisotopic (exact) mass is 326 g/mol. The van der Waals surface area contributed by atoms with E-state index in [-0.39, 0.29) is 0 Å². The van der Waals surface area contributed by atoms with Gasteiger partial charge < -0.3 is 0 Å². The van der Waals surface area contributed by atoms with Crippen molar-refractivity contribution in [1.82, 2.24) is 0 Å². The van der Waals surface area contributed by atoms with Gasteiger partial charge in [-0.25, -0.2) is 0 Å². The summed E-state index contributed by atoms with van der Waals surface area (Å²) in [5, 5.41) is 0. The molecule has 1 aromatic rings. The first-order chi connectivity index (χ1) is 11.7. The van der Waals surface area contributed by atoms with Crippen molar-refractivity contribution in [1.29, 1.82) is 0 Å². The number of benzene rings is 1. The Morgan fingerprint density at radius 2 is 1.62 bits per heavy atom. The van der Waals surface area contributed by atoms with Gasteiger partial charge in [-0.1, -0.05) is 95.0 Å². The molecule has 0 bridgehead atoms. The summed E-state index contributed by atoms with van der Waals surface area (Å²) in [4.78, 5) is 0. The van der Waals surface area contributed by atoms with Crippen molar-refractivity contribution in [2.75, 3.05) is 0 Å². The topological polar surface area (TPSA) is 0 Å². The Kier molecular flexibility index (Phi) is 17.8. The minimum absolute atomic E-state index is 1.03. The van der Waals surface area contributed by atoms with E-state index in [1.165, 1.54) is 22.3 Å². The third-order valence-corrected chi connectivity index (χ3v) is 3.54. The van der Waals surface area contributed by atoms with Crippen molar-refractivity contribution < 1.29 is 0 Å². The molecule has 0 saturated carbocycles. The van der Waals surface area contributed by atoms with E-state index in [1.54, 1.807) is 0 Å². The molecule has 24 heavy (non-hydrogen) atoms. The van der Waals surface area contributed by atoms with Crippen LogP contribution in [0.3, 0.4) is 0 Å². The zero-order valence-electron chi connectivity index (χ0n) is 16.9. The van der Waals surface area contributed by atoms with Crippen LogP contribution in [0.2, 0.25) is 0 Å². The average molecular weight is 327 g/mol. The second-order valence-corrected chi connectivity index (χ2v) is 5.15. The quantitative estimate of drug-likeness (QED) is 0.335. The molecule has 0 aromatic heterocycles. The molecule has 0 heteroatoms. The Labute approximate surface area is 151 Å². The van der Waals surface area contributed by atoms with Gasteiger partial charge in [0.1, 0.15) is 0 Å². The summed E-state index contributed by atoms with van der Waals surface area (Å²) in [6.45, 7) is 20.3. The molecule has 0 amide bonds. The van der Waals surface area contributed by atoms with E-state index in [1.807, 2.05) is 46.8 Å². The second kappa shape index (κ2) is 17.5. The standard InChI is InChI=1S/C20H26.2C2H6/c1-5-7-11-19(6-2)15-13-17(3)14-16-20-12-9-8-10-18(20)4;2*1-2/h5-12H,2-3,13-16H2,1,4H3;2*1-2H3/b7-5-,19-11+;;. The molecule has 1 aromatic carbocycles. The van der Waals surface area contributed by atoms with Crippen molar-refractivity contribution >= 4 is 0 Å². The van der Waals surface area contributed by atoms with E-state index in [2.05, 4.69) is 56.5 Å². The van der Waals surface area contributed by atoms with Crippen LogP contribution < -0.4 is 0 Å². The van der Waals surface area contributed by atoms with Crippen molar-refractivity contribution in [2.24, 2.45) is 0 Å². The van der Waals surface area contributed by atoms with E-state index in [0.717, 1.165) is 25.7 Å². The van der Waals surface area contributed by atoms with E-state index >= 15 is 0 Å². The predicted octanol–water partition coefficient (Wildman–Crippen LogP) is 8.00. The van der Waals surface area contributed by atoms with Gasteiger partial charge in [-0.3, -0.25) is 0 Å². The maximum absolute atomic E-state index is 4.21. The van der Waals surface area contributed by atoms with Crippen molar-refractivity contribution in [2.45, 2.75) is 67.2 Å². The zero-order valence-corrected chi connectivity index (χ0v) is 16.9. The van der Waals surface area contributed by atoms with Gasteiger partial charge >= 0.3 is 0 Å². The van der Waals surface area contributed by atoms with Crippen LogP contribution in [-0.2, 0) is 6.42 Å². The molecule has 0 saturated heterocycles. The molecule has 0 radical (unpaired) electrons. The summed E-state index contributed by atoms with van der Waals surface area (Å²) in [5.41, 5.74) is 5.41. The Bertz CT molecular complexity index is 501. The van der Waals surface area contributed by atoms with Gasteiger partial charge in [0, 0.05) is 0 Å². The molecule has 0 nitrogen and oxygen atoms in total. The van der Waals surface area contributed by atoms with Crippen LogP contribution in [0.4, 0.5) is 0 Å². The molecule has 0 aliphatic rings. The molecule has 0 fully saturated rings. The van der Waals surface area contributed by atoms with E-state index in [9.17, 15) is 0 Å². The van der Waals surface area contributed by atoms with Crippen molar-refractivity contribution in [3.63, 3.8) is 0 Å². The largest absolute Gasteiger partial charge is 0.0998 e. The van der Waals surface area contributed by atoms with Crippen LogP contribution >= 0.6 is 0 Å². The Hall–Kier alpha value is -1.82. The number of rotatable bonds is 8. The second-order valence-electron chi connectivity index (χ2n) is 5.15. The number of hydrogen-bond acceptors (Lipinski definition) is 0. The van der Waals surface area contributed by atoms with Crippen molar-refractivity contribution in [3.8, 4) is 0 Å². The summed E-state index contributed by atoms with van der Waals surface area (Å²) in [6, 6.07) is 8.59. The van der Waals surface area contributed by atoms with Gasteiger partial charge in [-0.15, -0.1) is 0 Å². The summed E-state index contributed by atoms with van der Waals surface area (Å²) < 4.78 is 0. The highest BCUT2D eigenvalue weighted by Crippen LogP contribution is 2.18. The first kappa shape index (κ1) is 24.4. The fourth-order valence-electron chi connectivity index (χ4n) is 2.12. The predicted molar refractivity (Wildman–Crippen MR) is 114 cm³/mol. The Morgan fingerprint density at radius 1 is 1.00 bits per heavy atom. The minimum Gasteiger partial charge on any atom is -0.0998 e. The van der Waals surface area contributed by atoms with Gasteiger partial charge in [-0.05, 0) is 56.2 Å². The van der Waals surface area contributed by atoms with Crippen LogP contribution in [0.15, 0.2) is 72.9 Å². The van der Waals surface area contributed by atoms with Crippen LogP contribution in [0.25, 0.3) is 0 Å². The molecule has 0 aliphatic carbocycles. The van der Waals surface area contributed by atoms with Gasteiger partial charge in [-0.2, -0.15) is 0 Å². The highest BCUT2D eigenvalue weighted by atomic mass is 14.1. The van der Waals surface area contributed by atoms with Gasteiger partial charge in [0.2, 0.25) is 0 Å². The first-order valence-electron chi connectivity index (χ1n) is 9.32. The molecule has 0 atom stereocenters. The highest BCUT2D eigenvalue weighted by molar-refractivity contribution is 5.27. The molecular formula is C24H38. The van der Waals surface area contributed by atoms with Crippen molar-refractivity contribution in [3.05, 3.63) is 84.0 Å². The molecule has 0 aliphatic heterocycles. The van der Waals surface area contributed by atoms with E-state index in [0.29, 0.717) is 0 Å².